The van der Waals surface area contributed by atoms with E-state index in [1.807, 2.05) is 0 Å². The highest BCUT2D eigenvalue weighted by Crippen LogP contribution is 2.23. The van der Waals surface area contributed by atoms with Gasteiger partial charge in [-0.05, 0) is 31.5 Å². The van der Waals surface area contributed by atoms with Gasteiger partial charge in [0.1, 0.15) is 5.75 Å². The van der Waals surface area contributed by atoms with E-state index in [1.165, 1.54) is 6.92 Å². The Morgan fingerprint density at radius 2 is 2.11 bits per heavy atom. The number of ketones is 1. The molecule has 0 fully saturated rings. The van der Waals surface area contributed by atoms with Crippen LogP contribution >= 0.6 is 15.9 Å². The van der Waals surface area contributed by atoms with Crippen molar-refractivity contribution in [2.75, 3.05) is 13.2 Å². The van der Waals surface area contributed by atoms with Crippen molar-refractivity contribution >= 4 is 27.6 Å². The SMILES string of the molecule is CCCCNC(=O)COc1ccc(Br)cc1C(C)=O. The molecule has 0 unspecified atom stereocenters. The van der Waals surface area contributed by atoms with Crippen LogP contribution in [0.4, 0.5) is 0 Å². The van der Waals surface area contributed by atoms with Gasteiger partial charge in [-0.25, -0.2) is 0 Å². The summed E-state index contributed by atoms with van der Waals surface area (Å²) in [5.41, 5.74) is 0.468. The fourth-order valence-electron chi connectivity index (χ4n) is 1.50. The van der Waals surface area contributed by atoms with Crippen molar-refractivity contribution in [2.45, 2.75) is 26.7 Å². The highest BCUT2D eigenvalue weighted by Gasteiger charge is 2.10. The van der Waals surface area contributed by atoms with Gasteiger partial charge in [-0.1, -0.05) is 29.3 Å². The molecule has 0 aromatic heterocycles. The molecule has 0 saturated carbocycles. The molecule has 0 aliphatic carbocycles. The quantitative estimate of drug-likeness (QED) is 0.618. The minimum absolute atomic E-state index is 0.0778. The van der Waals surface area contributed by atoms with Crippen molar-refractivity contribution < 1.29 is 14.3 Å². The summed E-state index contributed by atoms with van der Waals surface area (Å²) in [5, 5.41) is 2.76. The van der Waals surface area contributed by atoms with Gasteiger partial charge >= 0.3 is 0 Å². The molecule has 4 nitrogen and oxygen atoms in total. The number of halogens is 1. The summed E-state index contributed by atoms with van der Waals surface area (Å²) in [7, 11) is 0. The van der Waals surface area contributed by atoms with E-state index in [-0.39, 0.29) is 18.3 Å². The van der Waals surface area contributed by atoms with Gasteiger partial charge in [-0.15, -0.1) is 0 Å². The van der Waals surface area contributed by atoms with Gasteiger partial charge < -0.3 is 10.1 Å². The second kappa shape index (κ2) is 7.94. The molecule has 1 N–H and O–H groups in total. The molecule has 1 aromatic carbocycles. The van der Waals surface area contributed by atoms with Crippen molar-refractivity contribution in [3.8, 4) is 5.75 Å². The van der Waals surface area contributed by atoms with Gasteiger partial charge in [0, 0.05) is 11.0 Å². The molecule has 1 rings (SSSR count). The zero-order chi connectivity index (χ0) is 14.3. The number of carbonyl (C=O) groups is 2. The normalized spacial score (nSPS) is 10.1. The minimum atomic E-state index is -0.175. The molecule has 5 heteroatoms. The Morgan fingerprint density at radius 3 is 2.74 bits per heavy atom. The predicted octanol–water partition coefficient (Wildman–Crippen LogP) is 2.95. The van der Waals surface area contributed by atoms with Crippen LogP contribution in [0.1, 0.15) is 37.0 Å². The molecule has 1 amide bonds. The lowest BCUT2D eigenvalue weighted by Crippen LogP contribution is -2.29. The summed E-state index contributed by atoms with van der Waals surface area (Å²) in [6.45, 7) is 4.10. The number of amides is 1. The lowest BCUT2D eigenvalue weighted by atomic mass is 10.1. The second-order valence-corrected chi connectivity index (χ2v) is 5.10. The van der Waals surface area contributed by atoms with Crippen LogP contribution in [0.25, 0.3) is 0 Å². The van der Waals surface area contributed by atoms with Gasteiger partial charge in [0.2, 0.25) is 0 Å². The molecule has 1 aromatic rings. The molecule has 0 saturated heterocycles. The first-order chi connectivity index (χ1) is 9.04. The van der Waals surface area contributed by atoms with Crippen LogP contribution in [0.2, 0.25) is 0 Å². The van der Waals surface area contributed by atoms with Crippen molar-refractivity contribution in [3.63, 3.8) is 0 Å². The molecule has 0 atom stereocenters. The Hall–Kier alpha value is -1.36. The summed E-state index contributed by atoms with van der Waals surface area (Å²) in [5.74, 6) is 0.162. The van der Waals surface area contributed by atoms with Crippen LogP contribution in [0.15, 0.2) is 22.7 Å². The second-order valence-electron chi connectivity index (χ2n) is 4.19. The fraction of sp³-hybridized carbons (Fsp3) is 0.429. The standard InChI is InChI=1S/C14H18BrNO3/c1-3-4-7-16-14(18)9-19-13-6-5-11(15)8-12(13)10(2)17/h5-6,8H,3-4,7,9H2,1-2H3,(H,16,18). The third-order valence-electron chi connectivity index (χ3n) is 2.53. The van der Waals surface area contributed by atoms with Crippen molar-refractivity contribution in [3.05, 3.63) is 28.2 Å². The van der Waals surface area contributed by atoms with Crippen LogP contribution in [0, 0.1) is 0 Å². The molecular formula is C14H18BrNO3. The van der Waals surface area contributed by atoms with Crippen LogP contribution in [0.3, 0.4) is 0 Å². The summed E-state index contributed by atoms with van der Waals surface area (Å²) < 4.78 is 6.20. The number of benzene rings is 1. The molecule has 0 bridgehead atoms. The first-order valence-corrected chi connectivity index (χ1v) is 7.04. The Labute approximate surface area is 121 Å². The number of hydrogen-bond donors (Lipinski definition) is 1. The molecule has 0 aliphatic rings. The van der Waals surface area contributed by atoms with E-state index in [9.17, 15) is 9.59 Å². The number of rotatable bonds is 7. The largest absolute Gasteiger partial charge is 0.483 e. The summed E-state index contributed by atoms with van der Waals surface area (Å²) in [6, 6.07) is 5.14. The average molecular weight is 328 g/mol. The van der Waals surface area contributed by atoms with E-state index in [4.69, 9.17) is 4.74 Å². The maximum atomic E-state index is 11.5. The van der Waals surface area contributed by atoms with E-state index < -0.39 is 0 Å². The van der Waals surface area contributed by atoms with Crippen molar-refractivity contribution in [1.29, 1.82) is 0 Å². The van der Waals surface area contributed by atoms with Crippen molar-refractivity contribution in [2.24, 2.45) is 0 Å². The number of hydrogen-bond acceptors (Lipinski definition) is 3. The van der Waals surface area contributed by atoms with Gasteiger partial charge in [0.25, 0.3) is 5.91 Å². The molecule has 19 heavy (non-hydrogen) atoms. The van der Waals surface area contributed by atoms with Gasteiger partial charge in [-0.2, -0.15) is 0 Å². The highest BCUT2D eigenvalue weighted by atomic mass is 79.9. The molecule has 0 radical (unpaired) electrons. The number of ether oxygens (including phenoxy) is 1. The summed E-state index contributed by atoms with van der Waals surface area (Å²) in [4.78, 5) is 23.0. The molecule has 104 valence electrons. The predicted molar refractivity (Wildman–Crippen MR) is 77.6 cm³/mol. The zero-order valence-electron chi connectivity index (χ0n) is 11.2. The van der Waals surface area contributed by atoms with Gasteiger partial charge in [-0.3, -0.25) is 9.59 Å². The third kappa shape index (κ3) is 5.42. The first-order valence-electron chi connectivity index (χ1n) is 6.24. The van der Waals surface area contributed by atoms with E-state index in [0.717, 1.165) is 17.3 Å². The average Bonchev–Trinajstić information content (AvgIpc) is 2.37. The van der Waals surface area contributed by atoms with Gasteiger partial charge in [0.15, 0.2) is 12.4 Å². The highest BCUT2D eigenvalue weighted by molar-refractivity contribution is 9.10. The van der Waals surface area contributed by atoms with E-state index >= 15 is 0 Å². The van der Waals surface area contributed by atoms with Crippen LogP contribution in [0.5, 0.6) is 5.75 Å². The van der Waals surface area contributed by atoms with Crippen molar-refractivity contribution in [1.82, 2.24) is 5.32 Å². The monoisotopic (exact) mass is 327 g/mol. The Bertz CT molecular complexity index is 460. The van der Waals surface area contributed by atoms with E-state index in [1.54, 1.807) is 18.2 Å². The number of carbonyl (C=O) groups excluding carboxylic acids is 2. The Kier molecular flexibility index (Phi) is 6.56. The van der Waals surface area contributed by atoms with Crippen LogP contribution in [-0.2, 0) is 4.79 Å². The lowest BCUT2D eigenvalue weighted by Gasteiger charge is -2.10. The smallest absolute Gasteiger partial charge is 0.257 e. The number of nitrogens with one attached hydrogen (secondary N) is 1. The third-order valence-corrected chi connectivity index (χ3v) is 3.03. The summed E-state index contributed by atoms with van der Waals surface area (Å²) in [6.07, 6.45) is 1.98. The van der Waals surface area contributed by atoms with E-state index in [2.05, 4.69) is 28.2 Å². The zero-order valence-corrected chi connectivity index (χ0v) is 12.7. The maximum Gasteiger partial charge on any atom is 0.257 e. The molecule has 0 heterocycles. The van der Waals surface area contributed by atoms with Gasteiger partial charge in [0.05, 0.1) is 5.56 Å². The number of unbranched alkanes of at least 4 members (excludes halogenated alkanes) is 1. The Morgan fingerprint density at radius 1 is 1.37 bits per heavy atom. The summed E-state index contributed by atoms with van der Waals surface area (Å²) >= 11 is 3.30. The maximum absolute atomic E-state index is 11.5. The van der Waals surface area contributed by atoms with Crippen LogP contribution in [-0.4, -0.2) is 24.8 Å². The Balaban J connectivity index is 2.57. The molecule has 0 spiro atoms. The number of Topliss-reactive ketones (excluding diaryl/α,β-unsaturated/α-hetero) is 1. The first kappa shape index (κ1) is 15.7. The van der Waals surface area contributed by atoms with E-state index in [0.29, 0.717) is 17.9 Å². The topological polar surface area (TPSA) is 55.4 Å². The lowest BCUT2D eigenvalue weighted by molar-refractivity contribution is -0.123. The molecular weight excluding hydrogens is 310 g/mol. The minimum Gasteiger partial charge on any atom is -0.483 e. The fourth-order valence-corrected chi connectivity index (χ4v) is 1.86. The molecule has 0 aliphatic heterocycles. The van der Waals surface area contributed by atoms with Crippen LogP contribution < -0.4 is 10.1 Å².